The van der Waals surface area contributed by atoms with Crippen LogP contribution in [-0.4, -0.2) is 16.7 Å². The molecule has 2 aromatic heterocycles. The van der Waals surface area contributed by atoms with Gasteiger partial charge in [0.2, 0.25) is 0 Å². The zero-order valence-electron chi connectivity index (χ0n) is 8.35. The van der Waals surface area contributed by atoms with E-state index >= 15 is 0 Å². The molecule has 0 radical (unpaired) electrons. The number of nitriles is 1. The second kappa shape index (κ2) is 5.06. The minimum atomic E-state index is 0.381. The van der Waals surface area contributed by atoms with Crippen LogP contribution in [0.15, 0.2) is 28.7 Å². The van der Waals surface area contributed by atoms with Crippen molar-refractivity contribution in [2.75, 3.05) is 6.54 Å². The lowest BCUT2D eigenvalue weighted by Crippen LogP contribution is -1.92. The highest BCUT2D eigenvalue weighted by molar-refractivity contribution is 7.17. The van der Waals surface area contributed by atoms with E-state index in [0.29, 0.717) is 18.1 Å². The highest BCUT2D eigenvalue weighted by Crippen LogP contribution is 2.25. The predicted molar refractivity (Wildman–Crippen MR) is 67.1 cm³/mol. The number of thiophene rings is 1. The lowest BCUT2D eigenvalue weighted by molar-refractivity contribution is 1.02. The van der Waals surface area contributed by atoms with Crippen molar-refractivity contribution in [1.29, 1.82) is 5.26 Å². The third kappa shape index (κ3) is 2.21. The van der Waals surface area contributed by atoms with Crippen LogP contribution in [0.3, 0.4) is 0 Å². The first-order valence-corrected chi connectivity index (χ1v) is 5.98. The minimum Gasteiger partial charge on any atom is -0.271 e. The fourth-order valence-corrected chi connectivity index (χ4v) is 2.49. The largest absolute Gasteiger partial charge is 0.271 e. The molecule has 16 heavy (non-hydrogen) atoms. The maximum absolute atomic E-state index is 8.41. The zero-order chi connectivity index (χ0) is 11.4. The summed E-state index contributed by atoms with van der Waals surface area (Å²) in [5.74, 6) is 0. The highest BCUT2D eigenvalue weighted by atomic mass is 35.5. The Bertz CT molecular complexity index is 568. The van der Waals surface area contributed by atoms with Gasteiger partial charge in [0.05, 0.1) is 29.3 Å². The average Bonchev–Trinajstić information content (AvgIpc) is 2.73. The Balaban J connectivity index is 2.33. The fraction of sp³-hybridized carbons (Fsp3) is 0.182. The number of aromatic nitrogens is 1. The summed E-state index contributed by atoms with van der Waals surface area (Å²) in [6, 6.07) is 5.91. The van der Waals surface area contributed by atoms with Crippen LogP contribution < -0.4 is 0 Å². The van der Waals surface area contributed by atoms with E-state index in [0.717, 1.165) is 15.8 Å². The summed E-state index contributed by atoms with van der Waals surface area (Å²) >= 11 is 7.66. The number of fused-ring (bicyclic) bond motifs is 1. The Morgan fingerprint density at radius 3 is 3.31 bits per heavy atom. The van der Waals surface area contributed by atoms with Crippen LogP contribution in [-0.2, 0) is 0 Å². The molecule has 2 aromatic rings. The molecule has 0 atom stereocenters. The molecule has 5 heteroatoms. The predicted octanol–water partition coefficient (Wildman–Crippen LogP) is 3.20. The van der Waals surface area contributed by atoms with Gasteiger partial charge < -0.3 is 0 Å². The first kappa shape index (κ1) is 11.1. The lowest BCUT2D eigenvalue weighted by Gasteiger charge is -1.95. The molecule has 3 nitrogen and oxygen atoms in total. The van der Waals surface area contributed by atoms with Crippen LogP contribution in [0.25, 0.3) is 10.2 Å². The highest BCUT2D eigenvalue weighted by Gasteiger charge is 2.08. The van der Waals surface area contributed by atoms with E-state index in [2.05, 4.69) is 9.98 Å². The summed E-state index contributed by atoms with van der Waals surface area (Å²) in [4.78, 5) is 8.40. The molecule has 0 saturated carbocycles. The van der Waals surface area contributed by atoms with Gasteiger partial charge in [0.15, 0.2) is 0 Å². The summed E-state index contributed by atoms with van der Waals surface area (Å²) in [7, 11) is 0. The molecule has 80 valence electrons. The summed E-state index contributed by atoms with van der Waals surface area (Å²) < 4.78 is 1.09. The molecule has 0 aliphatic carbocycles. The molecular weight excluding hydrogens is 242 g/mol. The summed E-state index contributed by atoms with van der Waals surface area (Å²) in [6.45, 7) is 0.430. The van der Waals surface area contributed by atoms with Crippen molar-refractivity contribution in [3.05, 3.63) is 29.3 Å². The van der Waals surface area contributed by atoms with Gasteiger partial charge >= 0.3 is 0 Å². The zero-order valence-corrected chi connectivity index (χ0v) is 9.92. The molecule has 0 unspecified atom stereocenters. The lowest BCUT2D eigenvalue weighted by atomic mass is 10.3. The van der Waals surface area contributed by atoms with Crippen molar-refractivity contribution in [2.45, 2.75) is 6.42 Å². The summed E-state index contributed by atoms with van der Waals surface area (Å²) in [6.07, 6.45) is 2.11. The van der Waals surface area contributed by atoms with Crippen molar-refractivity contribution >= 4 is 38.3 Å². The standard InChI is InChI=1S/C11H8ClN3S/c12-11(15-6-2-4-13)8-7-16-9-3-1-5-14-10(8)9/h1,3,5,7H,2,6H2. The number of hydrogen-bond donors (Lipinski definition) is 0. The van der Waals surface area contributed by atoms with Crippen LogP contribution in [0.4, 0.5) is 0 Å². The second-order valence-electron chi connectivity index (χ2n) is 3.08. The Morgan fingerprint density at radius 2 is 2.50 bits per heavy atom. The Morgan fingerprint density at radius 1 is 1.62 bits per heavy atom. The van der Waals surface area contributed by atoms with Crippen LogP contribution in [0.1, 0.15) is 12.0 Å². The molecule has 0 bridgehead atoms. The molecular formula is C11H8ClN3S. The Hall–Kier alpha value is -1.44. The van der Waals surface area contributed by atoms with Gasteiger partial charge in [-0.05, 0) is 12.1 Å². The fourth-order valence-electron chi connectivity index (χ4n) is 1.30. The van der Waals surface area contributed by atoms with Gasteiger partial charge in [-0.2, -0.15) is 5.26 Å². The van der Waals surface area contributed by atoms with Gasteiger partial charge in [-0.1, -0.05) is 11.6 Å². The van der Waals surface area contributed by atoms with E-state index in [1.54, 1.807) is 17.5 Å². The van der Waals surface area contributed by atoms with Gasteiger partial charge in [0.25, 0.3) is 0 Å². The normalized spacial score (nSPS) is 11.6. The molecule has 0 spiro atoms. The molecule has 0 saturated heterocycles. The third-order valence-corrected chi connectivity index (χ3v) is 3.29. The van der Waals surface area contributed by atoms with Crippen molar-refractivity contribution in [1.82, 2.24) is 4.98 Å². The van der Waals surface area contributed by atoms with Crippen molar-refractivity contribution in [3.8, 4) is 6.07 Å². The van der Waals surface area contributed by atoms with Crippen molar-refractivity contribution in [2.24, 2.45) is 4.99 Å². The van der Waals surface area contributed by atoms with E-state index in [1.807, 2.05) is 23.6 Å². The molecule has 0 aromatic carbocycles. The first-order chi connectivity index (χ1) is 7.83. The molecule has 0 fully saturated rings. The molecule has 0 aliphatic rings. The van der Waals surface area contributed by atoms with E-state index in [1.165, 1.54) is 0 Å². The number of halogens is 1. The number of hydrogen-bond acceptors (Lipinski definition) is 4. The smallest absolute Gasteiger partial charge is 0.133 e. The topological polar surface area (TPSA) is 49.0 Å². The maximum atomic E-state index is 8.41. The van der Waals surface area contributed by atoms with Crippen molar-refractivity contribution in [3.63, 3.8) is 0 Å². The first-order valence-electron chi connectivity index (χ1n) is 4.72. The van der Waals surface area contributed by atoms with Crippen LogP contribution in [0.2, 0.25) is 0 Å². The SMILES string of the molecule is N#CCCN=C(Cl)c1csc2cccnc12. The third-order valence-electron chi connectivity index (χ3n) is 2.03. The number of pyridine rings is 1. The molecule has 2 rings (SSSR count). The van der Waals surface area contributed by atoms with E-state index in [-0.39, 0.29) is 0 Å². The van der Waals surface area contributed by atoms with Crippen molar-refractivity contribution < 1.29 is 0 Å². The van der Waals surface area contributed by atoms with E-state index < -0.39 is 0 Å². The Labute approximate surface area is 102 Å². The Kier molecular flexibility index (Phi) is 3.50. The number of nitrogens with zero attached hydrogens (tertiary/aromatic N) is 3. The molecule has 0 amide bonds. The molecule has 0 N–H and O–H groups in total. The second-order valence-corrected chi connectivity index (χ2v) is 4.35. The van der Waals surface area contributed by atoms with Gasteiger partial charge in [0.1, 0.15) is 5.17 Å². The molecule has 0 aliphatic heterocycles. The van der Waals surface area contributed by atoms with Gasteiger partial charge in [-0.3, -0.25) is 9.98 Å². The maximum Gasteiger partial charge on any atom is 0.133 e. The number of rotatable bonds is 3. The quantitative estimate of drug-likeness (QED) is 0.620. The van der Waals surface area contributed by atoms with Gasteiger partial charge in [-0.25, -0.2) is 0 Å². The minimum absolute atomic E-state index is 0.381. The van der Waals surface area contributed by atoms with E-state index in [9.17, 15) is 0 Å². The molecule has 2 heterocycles. The van der Waals surface area contributed by atoms with Crippen LogP contribution >= 0.6 is 22.9 Å². The van der Waals surface area contributed by atoms with E-state index in [4.69, 9.17) is 16.9 Å². The van der Waals surface area contributed by atoms with Crippen LogP contribution in [0, 0.1) is 11.3 Å². The van der Waals surface area contributed by atoms with Crippen LogP contribution in [0.5, 0.6) is 0 Å². The number of aliphatic imine (C=N–C) groups is 1. The van der Waals surface area contributed by atoms with Gasteiger partial charge in [0, 0.05) is 17.1 Å². The van der Waals surface area contributed by atoms with Gasteiger partial charge in [-0.15, -0.1) is 11.3 Å². The summed E-state index contributed by atoms with van der Waals surface area (Å²) in [5, 5.41) is 10.8. The monoisotopic (exact) mass is 249 g/mol. The summed E-state index contributed by atoms with van der Waals surface area (Å²) in [5.41, 5.74) is 1.72. The average molecular weight is 250 g/mol.